The summed E-state index contributed by atoms with van der Waals surface area (Å²) >= 11 is 0. The fourth-order valence-electron chi connectivity index (χ4n) is 4.65. The van der Waals surface area contributed by atoms with Crippen molar-refractivity contribution in [3.8, 4) is 0 Å². The van der Waals surface area contributed by atoms with Gasteiger partial charge in [0, 0.05) is 56.1 Å². The third kappa shape index (κ3) is 3.85. The average molecular weight is 411 g/mol. The number of piperidine rings is 1. The van der Waals surface area contributed by atoms with Crippen LogP contribution in [0, 0.1) is 5.92 Å². The average Bonchev–Trinajstić information content (AvgIpc) is 2.74. The van der Waals surface area contributed by atoms with E-state index in [1.54, 1.807) is 36.1 Å². The van der Waals surface area contributed by atoms with Crippen LogP contribution in [0.2, 0.25) is 0 Å². The lowest BCUT2D eigenvalue weighted by molar-refractivity contribution is -0.148. The summed E-state index contributed by atoms with van der Waals surface area (Å²) in [4.78, 5) is 50.0. The van der Waals surface area contributed by atoms with E-state index in [0.717, 1.165) is 24.5 Å². The van der Waals surface area contributed by atoms with Gasteiger partial charge >= 0.3 is 5.97 Å². The van der Waals surface area contributed by atoms with Gasteiger partial charge in [0.05, 0.1) is 13.7 Å². The second kappa shape index (κ2) is 8.35. The highest BCUT2D eigenvalue weighted by Crippen LogP contribution is 2.41. The molecule has 9 nitrogen and oxygen atoms in total. The molecule has 2 aliphatic heterocycles. The smallest absolute Gasteiger partial charge is 0.325 e. The Morgan fingerprint density at radius 1 is 1.20 bits per heavy atom. The number of fused-ring (bicyclic) bond motifs is 4. The van der Waals surface area contributed by atoms with Gasteiger partial charge in [-0.25, -0.2) is 9.97 Å². The molecule has 9 heteroatoms. The van der Waals surface area contributed by atoms with Crippen LogP contribution in [0.4, 0.5) is 0 Å². The molecule has 0 radical (unpaired) electrons. The van der Waals surface area contributed by atoms with E-state index in [1.165, 1.54) is 18.1 Å². The second-order valence-corrected chi connectivity index (χ2v) is 7.93. The first-order chi connectivity index (χ1) is 14.5. The Morgan fingerprint density at radius 2 is 1.97 bits per heavy atom. The second-order valence-electron chi connectivity index (χ2n) is 7.93. The van der Waals surface area contributed by atoms with Gasteiger partial charge in [-0.15, -0.1) is 0 Å². The minimum atomic E-state index is -0.654. The van der Waals surface area contributed by atoms with E-state index in [0.29, 0.717) is 13.1 Å². The lowest BCUT2D eigenvalue weighted by atomic mass is 9.78. The number of carbonyl (C=O) groups is 2. The first kappa shape index (κ1) is 20.2. The summed E-state index contributed by atoms with van der Waals surface area (Å²) in [6.45, 7) is 1.86. The van der Waals surface area contributed by atoms with Crippen molar-refractivity contribution in [1.29, 1.82) is 0 Å². The number of hydrogen-bond donors (Lipinski definition) is 0. The summed E-state index contributed by atoms with van der Waals surface area (Å²) in [7, 11) is 2.85. The molecule has 1 fully saturated rings. The highest BCUT2D eigenvalue weighted by Gasteiger charge is 2.44. The zero-order valence-corrected chi connectivity index (χ0v) is 17.1. The van der Waals surface area contributed by atoms with Crippen molar-refractivity contribution in [2.45, 2.75) is 24.9 Å². The number of pyridine rings is 1. The van der Waals surface area contributed by atoms with Crippen molar-refractivity contribution in [3.05, 3.63) is 58.5 Å². The van der Waals surface area contributed by atoms with E-state index in [9.17, 15) is 14.4 Å². The zero-order valence-electron chi connectivity index (χ0n) is 17.1. The Balaban J connectivity index is 1.65. The van der Waals surface area contributed by atoms with Gasteiger partial charge in [0.2, 0.25) is 5.91 Å². The van der Waals surface area contributed by atoms with Gasteiger partial charge in [0.1, 0.15) is 18.4 Å². The van der Waals surface area contributed by atoms with E-state index in [-0.39, 0.29) is 29.8 Å². The third-order valence-corrected chi connectivity index (χ3v) is 5.93. The number of likely N-dealkylation sites (tertiary alicyclic amines) is 1. The topological polar surface area (TPSA) is 97.6 Å². The number of rotatable bonds is 5. The molecule has 2 aromatic rings. The first-order valence-corrected chi connectivity index (χ1v) is 9.99. The summed E-state index contributed by atoms with van der Waals surface area (Å²) in [5.74, 6) is 0.0838. The molecule has 158 valence electrons. The summed E-state index contributed by atoms with van der Waals surface area (Å²) in [6.07, 6.45) is 4.25. The molecule has 0 aromatic carbocycles. The third-order valence-electron chi connectivity index (χ3n) is 5.93. The van der Waals surface area contributed by atoms with E-state index in [2.05, 4.69) is 14.9 Å². The zero-order chi connectivity index (χ0) is 21.3. The largest absolute Gasteiger partial charge is 0.468 e. The van der Waals surface area contributed by atoms with Crippen LogP contribution in [0.1, 0.15) is 29.9 Å². The van der Waals surface area contributed by atoms with Crippen LogP contribution in [0.3, 0.4) is 0 Å². The molecule has 1 saturated heterocycles. The lowest BCUT2D eigenvalue weighted by Gasteiger charge is -2.46. The fraction of sp³-hybridized carbons (Fsp3) is 0.476. The van der Waals surface area contributed by atoms with Crippen LogP contribution in [0.25, 0.3) is 0 Å². The number of nitrogens with zero attached hydrogens (tertiary/aromatic N) is 5. The van der Waals surface area contributed by atoms with Gasteiger partial charge in [-0.1, -0.05) is 6.07 Å². The Bertz CT molecular complexity index is 992. The van der Waals surface area contributed by atoms with Crippen molar-refractivity contribution in [2.24, 2.45) is 5.92 Å². The standard InChI is InChI=1S/C21H25N5O4/c1-24(13-19(28)30-2)21(29)20-15-9-14(16-5-3-6-18(27)26(16)20)10-25(11-15)12-17-22-7-4-8-23-17/h3-8,14-15,20H,9-13H2,1-2H3/t14-,15+,20-/m1/s1. The molecule has 0 N–H and O–H groups in total. The molecule has 0 unspecified atom stereocenters. The molecule has 2 bridgehead atoms. The monoisotopic (exact) mass is 411 g/mol. The molecule has 3 atom stereocenters. The summed E-state index contributed by atoms with van der Waals surface area (Å²) in [5.41, 5.74) is 0.675. The van der Waals surface area contributed by atoms with Gasteiger partial charge < -0.3 is 9.64 Å². The van der Waals surface area contributed by atoms with Gasteiger partial charge in [0.25, 0.3) is 5.56 Å². The summed E-state index contributed by atoms with van der Waals surface area (Å²) < 4.78 is 6.32. The minimum absolute atomic E-state index is 0.0485. The number of aromatic nitrogens is 3. The molecule has 0 saturated carbocycles. The lowest BCUT2D eigenvalue weighted by Crippen LogP contribution is -2.53. The van der Waals surface area contributed by atoms with Crippen LogP contribution >= 0.6 is 0 Å². The number of carbonyl (C=O) groups excluding carboxylic acids is 2. The number of likely N-dealkylation sites (N-methyl/N-ethyl adjacent to an activating group) is 1. The molecule has 30 heavy (non-hydrogen) atoms. The molecule has 1 amide bonds. The molecule has 2 aliphatic rings. The van der Waals surface area contributed by atoms with Crippen molar-refractivity contribution in [1.82, 2.24) is 24.3 Å². The maximum Gasteiger partial charge on any atom is 0.325 e. The molecule has 4 rings (SSSR count). The van der Waals surface area contributed by atoms with Crippen LogP contribution in [0.15, 0.2) is 41.5 Å². The Kier molecular flexibility index (Phi) is 5.63. The number of methoxy groups -OCH3 is 1. The normalized spacial score (nSPS) is 22.8. The van der Waals surface area contributed by atoms with Crippen molar-refractivity contribution in [3.63, 3.8) is 0 Å². The Hall–Kier alpha value is -3.07. The van der Waals surface area contributed by atoms with Gasteiger partial charge in [-0.05, 0) is 18.6 Å². The number of hydrogen-bond acceptors (Lipinski definition) is 7. The fourth-order valence-corrected chi connectivity index (χ4v) is 4.65. The molecular formula is C21H25N5O4. The van der Waals surface area contributed by atoms with Crippen molar-refractivity contribution < 1.29 is 14.3 Å². The van der Waals surface area contributed by atoms with Gasteiger partial charge in [-0.3, -0.25) is 23.9 Å². The maximum absolute atomic E-state index is 13.3. The Labute approximate surface area is 174 Å². The predicted molar refractivity (Wildman–Crippen MR) is 108 cm³/mol. The van der Waals surface area contributed by atoms with E-state index in [4.69, 9.17) is 4.74 Å². The maximum atomic E-state index is 13.3. The van der Waals surface area contributed by atoms with Crippen LogP contribution in [0.5, 0.6) is 0 Å². The van der Waals surface area contributed by atoms with Gasteiger partial charge in [-0.2, -0.15) is 0 Å². The number of amides is 1. The number of ether oxygens (including phenoxy) is 1. The molecule has 4 heterocycles. The summed E-state index contributed by atoms with van der Waals surface area (Å²) in [5, 5.41) is 0. The van der Waals surface area contributed by atoms with E-state index in [1.807, 2.05) is 6.07 Å². The Morgan fingerprint density at radius 3 is 2.70 bits per heavy atom. The van der Waals surface area contributed by atoms with Crippen LogP contribution in [-0.2, 0) is 20.9 Å². The predicted octanol–water partition coefficient (Wildman–Crippen LogP) is 0.430. The summed E-state index contributed by atoms with van der Waals surface area (Å²) in [6, 6.07) is 6.28. The first-order valence-electron chi connectivity index (χ1n) is 9.99. The molecule has 0 aliphatic carbocycles. The van der Waals surface area contributed by atoms with Crippen molar-refractivity contribution >= 4 is 11.9 Å². The highest BCUT2D eigenvalue weighted by molar-refractivity contribution is 5.85. The van der Waals surface area contributed by atoms with Gasteiger partial charge in [0.15, 0.2) is 0 Å². The van der Waals surface area contributed by atoms with Crippen LogP contribution < -0.4 is 5.56 Å². The van der Waals surface area contributed by atoms with Crippen molar-refractivity contribution in [2.75, 3.05) is 33.8 Å². The van der Waals surface area contributed by atoms with Crippen LogP contribution in [-0.4, -0.2) is 70.0 Å². The number of esters is 1. The molecular weight excluding hydrogens is 386 g/mol. The molecule has 0 spiro atoms. The SMILES string of the molecule is COC(=O)CN(C)C(=O)[C@H]1[C@H]2C[C@H](CN(Cc3ncccn3)C2)c2cccc(=O)n21. The minimum Gasteiger partial charge on any atom is -0.468 e. The molecule has 2 aromatic heterocycles. The van der Waals surface area contributed by atoms with E-state index >= 15 is 0 Å². The quantitative estimate of drug-likeness (QED) is 0.658. The van der Waals surface area contributed by atoms with E-state index < -0.39 is 12.0 Å². The highest BCUT2D eigenvalue weighted by atomic mass is 16.5.